The lowest BCUT2D eigenvalue weighted by molar-refractivity contribution is -0.141. The van der Waals surface area contributed by atoms with Crippen molar-refractivity contribution in [2.24, 2.45) is 17.6 Å². The molecule has 1 aliphatic carbocycles. The molecule has 1 saturated carbocycles. The number of piperidine rings is 2. The number of halogens is 9. The van der Waals surface area contributed by atoms with Crippen molar-refractivity contribution in [1.29, 1.82) is 0 Å². The van der Waals surface area contributed by atoms with E-state index in [0.29, 0.717) is 131 Å². The van der Waals surface area contributed by atoms with Gasteiger partial charge in [0.05, 0.1) is 99.7 Å². The van der Waals surface area contributed by atoms with Gasteiger partial charge in [-0.3, -0.25) is 42.5 Å². The van der Waals surface area contributed by atoms with Gasteiger partial charge in [0.1, 0.15) is 52.1 Å². The molecular formula is C97H115ClF8N12O9. The van der Waals surface area contributed by atoms with E-state index < -0.39 is 58.3 Å². The minimum Gasteiger partial charge on any atom is -0.494 e. The topological polar surface area (TPSA) is 244 Å². The van der Waals surface area contributed by atoms with Crippen molar-refractivity contribution in [2.45, 2.75) is 209 Å². The fraction of sp³-hybridized carbons (Fsp3) is 0.423. The van der Waals surface area contributed by atoms with Crippen molar-refractivity contribution in [3.63, 3.8) is 0 Å². The summed E-state index contributed by atoms with van der Waals surface area (Å²) in [4.78, 5) is 101. The molecule has 680 valence electrons. The number of ether oxygens (including phenoxy) is 3. The van der Waals surface area contributed by atoms with Crippen LogP contribution in [-0.4, -0.2) is 135 Å². The largest absolute Gasteiger partial charge is 0.494 e. The van der Waals surface area contributed by atoms with Gasteiger partial charge in [0.25, 0.3) is 16.7 Å². The van der Waals surface area contributed by atoms with Gasteiger partial charge >= 0.3 is 12.4 Å². The number of nitrogens with two attached hydrogens (primary N) is 1. The first kappa shape index (κ1) is 99.7. The van der Waals surface area contributed by atoms with Gasteiger partial charge in [0.2, 0.25) is 11.1 Å². The zero-order valence-electron chi connectivity index (χ0n) is 73.1. The summed E-state index contributed by atoms with van der Waals surface area (Å²) in [6, 6.07) is 44.9. The van der Waals surface area contributed by atoms with Crippen molar-refractivity contribution in [2.75, 3.05) is 46.0 Å². The summed E-state index contributed by atoms with van der Waals surface area (Å²) < 4.78 is 125. The lowest BCUT2D eigenvalue weighted by Crippen LogP contribution is -2.50. The monoisotopic (exact) mass is 1780 g/mol. The molecule has 11 aromatic rings. The molecule has 3 unspecified atom stereocenters. The van der Waals surface area contributed by atoms with Gasteiger partial charge in [0.15, 0.2) is 5.65 Å². The highest BCUT2D eigenvalue weighted by Gasteiger charge is 2.39. The van der Waals surface area contributed by atoms with Crippen LogP contribution in [0.1, 0.15) is 200 Å². The van der Waals surface area contributed by atoms with E-state index in [-0.39, 0.29) is 60.2 Å². The number of rotatable bonds is 23. The van der Waals surface area contributed by atoms with Crippen molar-refractivity contribution >= 4 is 61.4 Å². The average molecular weight is 1780 g/mol. The van der Waals surface area contributed by atoms with Crippen LogP contribution in [0.2, 0.25) is 0 Å². The molecular weight excluding hydrogens is 1660 g/mol. The molecule has 0 bridgehead atoms. The Morgan fingerprint density at radius 2 is 0.921 bits per heavy atom. The van der Waals surface area contributed by atoms with Gasteiger partial charge in [0, 0.05) is 75.8 Å². The second-order valence-corrected chi connectivity index (χ2v) is 32.8. The predicted molar refractivity (Wildman–Crippen MR) is 482 cm³/mol. The number of nitrogens with one attached hydrogen (secondary N) is 1. The van der Waals surface area contributed by atoms with Gasteiger partial charge in [-0.25, -0.2) is 28.7 Å². The highest BCUT2D eigenvalue weighted by atomic mass is 35.5. The van der Waals surface area contributed by atoms with E-state index in [1.807, 2.05) is 93.6 Å². The smallest absolute Gasteiger partial charge is 0.419 e. The van der Waals surface area contributed by atoms with E-state index in [9.17, 15) is 63.9 Å². The quantitative estimate of drug-likeness (QED) is 0.0446. The van der Waals surface area contributed by atoms with E-state index in [1.165, 1.54) is 40.9 Å². The summed E-state index contributed by atoms with van der Waals surface area (Å²) in [5.74, 6) is 2.54. The minimum absolute atomic E-state index is 0. The van der Waals surface area contributed by atoms with Crippen LogP contribution in [0.15, 0.2) is 190 Å². The number of ketones is 1. The van der Waals surface area contributed by atoms with Crippen molar-refractivity contribution in [1.82, 2.24) is 53.7 Å². The second-order valence-electron chi connectivity index (χ2n) is 32.4. The van der Waals surface area contributed by atoms with E-state index in [4.69, 9.17) is 41.5 Å². The fourth-order valence-electron chi connectivity index (χ4n) is 16.0. The number of para-hydroxylation sites is 2. The van der Waals surface area contributed by atoms with Gasteiger partial charge in [-0.2, -0.15) is 26.3 Å². The Hall–Kier alpha value is -11.1. The molecule has 4 aromatic heterocycles. The maximum Gasteiger partial charge on any atom is 0.419 e. The number of aromatic nitrogens is 7. The van der Waals surface area contributed by atoms with E-state index in [2.05, 4.69) is 73.6 Å². The minimum atomic E-state index is -4.90. The first-order chi connectivity index (χ1) is 60.0. The van der Waals surface area contributed by atoms with Gasteiger partial charge in [-0.05, 0) is 276 Å². The van der Waals surface area contributed by atoms with Gasteiger partial charge in [-0.1, -0.05) is 57.7 Å². The Morgan fingerprint density at radius 1 is 0.512 bits per heavy atom. The summed E-state index contributed by atoms with van der Waals surface area (Å²) in [5.41, 5.74) is 6.41. The van der Waals surface area contributed by atoms with Crippen LogP contribution in [0.3, 0.4) is 0 Å². The normalized spacial score (nSPS) is 15.9. The molecule has 3 N–H and O–H groups in total. The first-order valence-electron chi connectivity index (χ1n) is 42.8. The molecule has 21 nitrogen and oxygen atoms in total. The Bertz CT molecular complexity index is 5690. The summed E-state index contributed by atoms with van der Waals surface area (Å²) >= 11 is 5.00. The van der Waals surface area contributed by atoms with Crippen molar-refractivity contribution < 1.29 is 63.7 Å². The molecule has 6 heterocycles. The number of hydrogen-bond donors (Lipinski definition) is 2. The van der Waals surface area contributed by atoms with Crippen LogP contribution < -0.4 is 41.9 Å². The number of alkyl halides is 6. The van der Waals surface area contributed by atoms with Gasteiger partial charge < -0.3 is 40.0 Å². The molecule has 14 rings (SSSR count). The number of nitrogens with zero attached hydrogens (tertiary/aromatic N) is 10. The number of benzene rings is 7. The van der Waals surface area contributed by atoms with E-state index >= 15 is 0 Å². The Labute approximate surface area is 740 Å². The second kappa shape index (κ2) is 45.5. The maximum absolute atomic E-state index is 14.2. The summed E-state index contributed by atoms with van der Waals surface area (Å²) in [6.07, 6.45) is -1.13. The van der Waals surface area contributed by atoms with Crippen LogP contribution in [0.4, 0.5) is 35.1 Å². The lowest BCUT2D eigenvalue weighted by Gasteiger charge is -2.42. The van der Waals surface area contributed by atoms with Crippen LogP contribution >= 0.6 is 11.6 Å². The van der Waals surface area contributed by atoms with Crippen LogP contribution in [0.25, 0.3) is 49.9 Å². The van der Waals surface area contributed by atoms with E-state index in [1.54, 1.807) is 90.2 Å². The number of hydrogen-bond acceptors (Lipinski definition) is 17. The standard InChI is InChI=1S/C35H38F4N4O3.C27H35N3O2.C17H18N4O2.C9H5ClF4O.C8H15NO.CH4/c1-5-46-27-13-11-25(12-14-27)43-33(40-31-9-7-6-8-28(31)34(43)45)23(4)42(26-16-18-41(19-17-26)22(2)3)32(44)21-24-10-15-30(36)29(20-24)35(37,38)39;1-5-32-23-16-14-22(15-17-23)30-26(29-25-9-7-6-8-24(25)27(30)31)19(4)28-21-12-10-20(11-13-21)18(2)3;1-3-23-13-8-6-12(7-9-13)21-16(11(2)18)20-15-14(17(21)22)5-4-10-19-15;10-8(15)4-5-1-2-7(11)6(3-5)9(12,13)14;1-7(2)9-5-3-8(10)4-6-9;/h6-15,20,22-23,26H,5,16-19,21H2,1-4H3;6-9,14-21,28H,5,10-13H2,1-4H3;4-11H,3,18H2,1-2H3;1-3H,4H2;7H,3-6H2,1-2H3;1H4. The fourth-order valence-corrected chi connectivity index (χ4v) is 16.1. The molecule has 1 amide bonds. The lowest BCUT2D eigenvalue weighted by atomic mass is 9.79. The first-order valence-corrected chi connectivity index (χ1v) is 43.2. The molecule has 3 aliphatic rings. The van der Waals surface area contributed by atoms with Crippen LogP contribution in [0.5, 0.6) is 17.2 Å². The molecule has 30 heteroatoms. The number of pyridine rings is 1. The predicted octanol–water partition coefficient (Wildman–Crippen LogP) is 19.6. The van der Waals surface area contributed by atoms with Crippen LogP contribution in [0, 0.1) is 23.5 Å². The summed E-state index contributed by atoms with van der Waals surface area (Å²) in [5, 5.41) is 4.49. The third kappa shape index (κ3) is 26.1. The number of Topliss-reactive ketones (excluding diaryl/α,β-unsaturated/α-hetero) is 1. The zero-order valence-corrected chi connectivity index (χ0v) is 73.8. The molecule has 0 radical (unpaired) electrons. The number of fused-ring (bicyclic) bond motifs is 3. The molecule has 3 fully saturated rings. The van der Waals surface area contributed by atoms with E-state index in [0.717, 1.165) is 91.5 Å². The molecule has 2 aliphatic heterocycles. The van der Waals surface area contributed by atoms with Gasteiger partial charge in [-0.15, -0.1) is 0 Å². The zero-order chi connectivity index (χ0) is 91.4. The number of carbonyl (C=O) groups excluding carboxylic acids is 3. The highest BCUT2D eigenvalue weighted by Crippen LogP contribution is 2.37. The molecule has 0 spiro atoms. The number of amides is 1. The van der Waals surface area contributed by atoms with Crippen molar-refractivity contribution in [3.8, 4) is 34.3 Å². The molecule has 2 saturated heterocycles. The molecule has 7 aromatic carbocycles. The third-order valence-corrected chi connectivity index (χ3v) is 22.8. The molecule has 127 heavy (non-hydrogen) atoms. The summed E-state index contributed by atoms with van der Waals surface area (Å²) in [7, 11) is 0. The summed E-state index contributed by atoms with van der Waals surface area (Å²) in [6.45, 7) is 29.8. The maximum atomic E-state index is 14.2. The third-order valence-electron chi connectivity index (χ3n) is 22.6. The van der Waals surface area contributed by atoms with Crippen molar-refractivity contribution in [3.05, 3.63) is 258 Å². The number of likely N-dealkylation sites (tertiary alicyclic amines) is 2. The SMILES string of the molecule is C.CC(C)N1CCC(=O)CC1.CCOc1ccc(-n2c(C(C)N(C(=O)Cc3ccc(F)c(C(F)(F)F)c3)C3CCN(C(C)C)CC3)nc3ccccc3c2=O)cc1.CCOc1ccc(-n2c(C(C)N)nc3ncccc3c2=O)cc1.CCOc1ccc(-n2c(C(C)NC3CCC(C(C)C)CC3)nc3ccccc3c2=O)cc1.O=C(Cl)Cc1ccc(F)c(C(F)(F)F)c1. The average Bonchev–Trinajstić information content (AvgIpc) is 0.765. The van der Waals surface area contributed by atoms with Crippen LogP contribution in [-0.2, 0) is 39.6 Å². The Kier molecular flexibility index (Phi) is 35.7. The Morgan fingerprint density at radius 3 is 1.35 bits per heavy atom. The Balaban J connectivity index is 0.000000195. The number of carbonyl (C=O) groups is 3. The molecule has 3 atom stereocenters. The highest BCUT2D eigenvalue weighted by molar-refractivity contribution is 6.63.